The molecule has 0 aliphatic carbocycles. The molecule has 2 atom stereocenters. The molecular formula is C21H22Br2O4. The summed E-state index contributed by atoms with van der Waals surface area (Å²) in [6, 6.07) is 14.7. The van der Waals surface area contributed by atoms with E-state index in [4.69, 9.17) is 9.47 Å². The largest absolute Gasteiger partial charge is 0.514 e. The Balaban J connectivity index is 2.12. The highest BCUT2D eigenvalue weighted by molar-refractivity contribution is 9.12. The standard InChI is InChI=1S/C21H22Br2O4/c1-13-12-15(10-11-16(13)26-20(25)27-21(2,3)4)19(24)18(23)17(22)14-8-6-5-7-9-14/h5-12,17-18H,1-4H3. The van der Waals surface area contributed by atoms with E-state index in [9.17, 15) is 9.59 Å². The highest BCUT2D eigenvalue weighted by atomic mass is 79.9. The summed E-state index contributed by atoms with van der Waals surface area (Å²) in [7, 11) is 0. The molecule has 0 aliphatic heterocycles. The van der Waals surface area contributed by atoms with Crippen LogP contribution in [0.5, 0.6) is 5.75 Å². The number of carbonyl (C=O) groups is 2. The van der Waals surface area contributed by atoms with Crippen LogP contribution >= 0.6 is 31.9 Å². The quantitative estimate of drug-likeness (QED) is 0.208. The van der Waals surface area contributed by atoms with Crippen molar-refractivity contribution in [3.8, 4) is 5.75 Å². The number of hydrogen-bond acceptors (Lipinski definition) is 4. The second kappa shape index (κ2) is 9.02. The maximum absolute atomic E-state index is 12.8. The molecule has 0 radical (unpaired) electrons. The van der Waals surface area contributed by atoms with Crippen LogP contribution in [0.25, 0.3) is 0 Å². The molecular weight excluding hydrogens is 476 g/mol. The van der Waals surface area contributed by atoms with E-state index in [1.54, 1.807) is 45.9 Å². The van der Waals surface area contributed by atoms with E-state index in [-0.39, 0.29) is 10.6 Å². The number of ketones is 1. The zero-order chi connectivity index (χ0) is 20.2. The van der Waals surface area contributed by atoms with Crippen LogP contribution in [-0.2, 0) is 4.74 Å². The van der Waals surface area contributed by atoms with Gasteiger partial charge in [0, 0.05) is 5.56 Å². The van der Waals surface area contributed by atoms with Gasteiger partial charge in [0.15, 0.2) is 5.78 Å². The monoisotopic (exact) mass is 496 g/mol. The summed E-state index contributed by atoms with van der Waals surface area (Å²) in [6.45, 7) is 7.08. The van der Waals surface area contributed by atoms with Gasteiger partial charge >= 0.3 is 6.16 Å². The van der Waals surface area contributed by atoms with Gasteiger partial charge in [0.25, 0.3) is 0 Å². The molecule has 2 aromatic rings. The Kier molecular flexibility index (Phi) is 7.23. The number of hydrogen-bond donors (Lipinski definition) is 0. The Hall–Kier alpha value is -1.66. The molecule has 0 fully saturated rings. The molecule has 27 heavy (non-hydrogen) atoms. The number of benzene rings is 2. The number of Topliss-reactive ketones (excluding diaryl/α,β-unsaturated/α-hetero) is 1. The molecule has 0 bridgehead atoms. The Bertz CT molecular complexity index is 813. The Morgan fingerprint density at radius 3 is 2.19 bits per heavy atom. The van der Waals surface area contributed by atoms with Gasteiger partial charge in [-0.25, -0.2) is 4.79 Å². The summed E-state index contributed by atoms with van der Waals surface area (Å²) in [5.74, 6) is 0.304. The van der Waals surface area contributed by atoms with Gasteiger partial charge in [-0.15, -0.1) is 0 Å². The molecule has 6 heteroatoms. The molecule has 0 heterocycles. The number of alkyl halides is 2. The molecule has 0 aromatic heterocycles. The summed E-state index contributed by atoms with van der Waals surface area (Å²) < 4.78 is 10.4. The highest BCUT2D eigenvalue weighted by Gasteiger charge is 2.26. The van der Waals surface area contributed by atoms with E-state index in [1.165, 1.54) is 0 Å². The van der Waals surface area contributed by atoms with Crippen molar-refractivity contribution in [2.45, 2.75) is 43.0 Å². The lowest BCUT2D eigenvalue weighted by atomic mass is 10.0. The maximum atomic E-state index is 12.8. The fourth-order valence-corrected chi connectivity index (χ4v) is 3.49. The smallest absolute Gasteiger partial charge is 0.428 e. The number of ether oxygens (including phenoxy) is 2. The summed E-state index contributed by atoms with van der Waals surface area (Å²) in [6.07, 6.45) is -0.771. The third-order valence-corrected chi connectivity index (χ3v) is 6.38. The van der Waals surface area contributed by atoms with Gasteiger partial charge in [-0.1, -0.05) is 62.2 Å². The van der Waals surface area contributed by atoms with Gasteiger partial charge in [0.05, 0.1) is 9.65 Å². The third-order valence-electron chi connectivity index (χ3n) is 3.67. The van der Waals surface area contributed by atoms with Crippen LogP contribution in [0.3, 0.4) is 0 Å². The van der Waals surface area contributed by atoms with Crippen LogP contribution in [0.4, 0.5) is 4.79 Å². The average molecular weight is 498 g/mol. The minimum Gasteiger partial charge on any atom is -0.428 e. The van der Waals surface area contributed by atoms with E-state index in [0.717, 1.165) is 5.56 Å². The lowest BCUT2D eigenvalue weighted by Crippen LogP contribution is -2.26. The molecule has 0 saturated heterocycles. The summed E-state index contributed by atoms with van der Waals surface area (Å²) in [5.41, 5.74) is 1.59. The second-order valence-electron chi connectivity index (χ2n) is 7.13. The van der Waals surface area contributed by atoms with E-state index in [0.29, 0.717) is 16.9 Å². The second-order valence-corrected chi connectivity index (χ2v) is 9.10. The molecule has 0 saturated carbocycles. The van der Waals surface area contributed by atoms with Gasteiger partial charge in [0.2, 0.25) is 0 Å². The summed E-state index contributed by atoms with van der Waals surface area (Å²) in [4.78, 5) is 24.1. The number of carbonyl (C=O) groups excluding carboxylic acids is 2. The fourth-order valence-electron chi connectivity index (χ4n) is 2.38. The van der Waals surface area contributed by atoms with Crippen LogP contribution < -0.4 is 4.74 Å². The molecule has 0 N–H and O–H groups in total. The minimum absolute atomic E-state index is 0.0624. The predicted octanol–water partition coefficient (Wildman–Crippen LogP) is 6.39. The van der Waals surface area contributed by atoms with Crippen molar-refractivity contribution in [1.82, 2.24) is 0 Å². The van der Waals surface area contributed by atoms with E-state index in [1.807, 2.05) is 30.3 Å². The molecule has 4 nitrogen and oxygen atoms in total. The normalized spacial score (nSPS) is 13.6. The molecule has 2 rings (SSSR count). The van der Waals surface area contributed by atoms with Gasteiger partial charge in [-0.05, 0) is 57.0 Å². The molecule has 2 aromatic carbocycles. The van der Waals surface area contributed by atoms with Crippen LogP contribution in [0.2, 0.25) is 0 Å². The zero-order valence-electron chi connectivity index (χ0n) is 15.7. The number of halogens is 2. The van der Waals surface area contributed by atoms with E-state index < -0.39 is 16.6 Å². The Labute approximate surface area is 176 Å². The van der Waals surface area contributed by atoms with Crippen molar-refractivity contribution >= 4 is 43.8 Å². The molecule has 0 amide bonds. The van der Waals surface area contributed by atoms with Crippen molar-refractivity contribution in [1.29, 1.82) is 0 Å². The first kappa shape index (κ1) is 21.6. The van der Waals surface area contributed by atoms with Crippen LogP contribution in [0, 0.1) is 6.92 Å². The third kappa shape index (κ3) is 6.18. The van der Waals surface area contributed by atoms with Crippen molar-refractivity contribution in [3.63, 3.8) is 0 Å². The minimum atomic E-state index is -0.771. The topological polar surface area (TPSA) is 52.6 Å². The van der Waals surface area contributed by atoms with Crippen LogP contribution in [0.15, 0.2) is 48.5 Å². The van der Waals surface area contributed by atoms with Crippen molar-refractivity contribution in [2.75, 3.05) is 0 Å². The van der Waals surface area contributed by atoms with E-state index >= 15 is 0 Å². The Morgan fingerprint density at radius 1 is 1.00 bits per heavy atom. The fraction of sp³-hybridized carbons (Fsp3) is 0.333. The SMILES string of the molecule is Cc1cc(C(=O)C(Br)C(Br)c2ccccc2)ccc1OC(=O)OC(C)(C)C. The first-order valence-electron chi connectivity index (χ1n) is 8.47. The predicted molar refractivity (Wildman–Crippen MR) is 113 cm³/mol. The van der Waals surface area contributed by atoms with Gasteiger partial charge in [0.1, 0.15) is 11.4 Å². The van der Waals surface area contributed by atoms with Crippen molar-refractivity contribution in [2.24, 2.45) is 0 Å². The molecule has 0 spiro atoms. The summed E-state index contributed by atoms with van der Waals surface area (Å²) >= 11 is 7.09. The number of aryl methyl sites for hydroxylation is 1. The number of rotatable bonds is 5. The van der Waals surface area contributed by atoms with Crippen molar-refractivity contribution in [3.05, 3.63) is 65.2 Å². The van der Waals surface area contributed by atoms with Gasteiger partial charge in [-0.2, -0.15) is 0 Å². The van der Waals surface area contributed by atoms with Crippen molar-refractivity contribution < 1.29 is 19.1 Å². The van der Waals surface area contributed by atoms with E-state index in [2.05, 4.69) is 31.9 Å². The lowest BCUT2D eigenvalue weighted by molar-refractivity contribution is 0.0205. The van der Waals surface area contributed by atoms with Crippen LogP contribution in [-0.4, -0.2) is 22.4 Å². The summed E-state index contributed by atoms with van der Waals surface area (Å²) in [5, 5.41) is 0. The zero-order valence-corrected chi connectivity index (χ0v) is 18.8. The van der Waals surface area contributed by atoms with Gasteiger partial charge < -0.3 is 9.47 Å². The average Bonchev–Trinajstić information content (AvgIpc) is 2.60. The molecule has 2 unspecified atom stereocenters. The van der Waals surface area contributed by atoms with Crippen LogP contribution in [0.1, 0.15) is 47.1 Å². The first-order chi connectivity index (χ1) is 12.6. The lowest BCUT2D eigenvalue weighted by Gasteiger charge is -2.19. The van der Waals surface area contributed by atoms with Gasteiger partial charge in [-0.3, -0.25) is 4.79 Å². The first-order valence-corrected chi connectivity index (χ1v) is 10.3. The Morgan fingerprint density at radius 2 is 1.63 bits per heavy atom. The molecule has 0 aliphatic rings. The maximum Gasteiger partial charge on any atom is 0.514 e. The molecule has 144 valence electrons. The highest BCUT2D eigenvalue weighted by Crippen LogP contribution is 2.33.